The molecule has 120 valence electrons. The number of hydrogen-bond donors (Lipinski definition) is 2. The van der Waals surface area contributed by atoms with Gasteiger partial charge in [0.15, 0.2) is 0 Å². The molecule has 2 rings (SSSR count). The van der Waals surface area contributed by atoms with Gasteiger partial charge >= 0.3 is 12.2 Å². The van der Waals surface area contributed by atoms with E-state index in [-0.39, 0.29) is 10.7 Å². The monoisotopic (exact) mass is 342 g/mol. The molecule has 0 aliphatic heterocycles. The highest BCUT2D eigenvalue weighted by Crippen LogP contribution is 2.33. The van der Waals surface area contributed by atoms with Crippen molar-refractivity contribution in [3.8, 4) is 0 Å². The maximum Gasteiger partial charge on any atom is 0.416 e. The van der Waals surface area contributed by atoms with E-state index in [0.29, 0.717) is 17.5 Å². The number of urea groups is 1. The van der Waals surface area contributed by atoms with Gasteiger partial charge in [0.25, 0.3) is 0 Å². The number of benzene rings is 2. The third-order valence-electron chi connectivity index (χ3n) is 2.83. The first kappa shape index (κ1) is 16.8. The fourth-order valence-corrected chi connectivity index (χ4v) is 1.99. The van der Waals surface area contributed by atoms with E-state index in [2.05, 4.69) is 10.6 Å². The van der Waals surface area contributed by atoms with Crippen LogP contribution in [0.2, 0.25) is 5.02 Å². The maximum absolute atomic E-state index is 12.5. The van der Waals surface area contributed by atoms with Crippen LogP contribution < -0.4 is 10.6 Å². The zero-order valence-electron chi connectivity index (χ0n) is 11.4. The van der Waals surface area contributed by atoms with Crippen LogP contribution in [0.25, 0.3) is 0 Å². The Bertz CT molecular complexity index is 748. The molecule has 0 spiro atoms. The number of anilines is 2. The molecule has 0 fully saturated rings. The Morgan fingerprint density at radius 1 is 1.09 bits per heavy atom. The number of carbonyl (C=O) groups excluding carboxylic acids is 2. The lowest BCUT2D eigenvalue weighted by molar-refractivity contribution is -0.137. The van der Waals surface area contributed by atoms with Gasteiger partial charge in [-0.25, -0.2) is 4.79 Å². The van der Waals surface area contributed by atoms with E-state index in [0.717, 1.165) is 18.2 Å². The van der Waals surface area contributed by atoms with Crippen LogP contribution in [0.4, 0.5) is 29.3 Å². The third-order valence-corrected chi connectivity index (χ3v) is 3.14. The Morgan fingerprint density at radius 2 is 1.83 bits per heavy atom. The molecule has 0 radical (unpaired) electrons. The molecule has 23 heavy (non-hydrogen) atoms. The van der Waals surface area contributed by atoms with Gasteiger partial charge in [0.1, 0.15) is 6.29 Å². The number of alkyl halides is 3. The van der Waals surface area contributed by atoms with Crippen LogP contribution in [0.15, 0.2) is 42.5 Å². The van der Waals surface area contributed by atoms with Crippen LogP contribution in [0.3, 0.4) is 0 Å². The van der Waals surface area contributed by atoms with Gasteiger partial charge in [-0.1, -0.05) is 23.7 Å². The number of aldehydes is 1. The molecule has 2 aromatic carbocycles. The first-order valence-electron chi connectivity index (χ1n) is 6.29. The standard InChI is InChI=1S/C15H10ClF3N2O2/c16-12-7-10(15(17,18)19)4-5-13(12)21-14(23)20-11-3-1-2-9(6-11)8-22/h1-8H,(H2,20,21,23). The molecule has 2 N–H and O–H groups in total. The number of halogens is 4. The quantitative estimate of drug-likeness (QED) is 0.786. The van der Waals surface area contributed by atoms with Crippen LogP contribution in [-0.4, -0.2) is 12.3 Å². The Hall–Kier alpha value is -2.54. The molecular weight excluding hydrogens is 333 g/mol. The average Bonchev–Trinajstić information content (AvgIpc) is 2.48. The maximum atomic E-state index is 12.5. The summed E-state index contributed by atoms with van der Waals surface area (Å²) in [5, 5.41) is 4.55. The van der Waals surface area contributed by atoms with E-state index < -0.39 is 17.8 Å². The summed E-state index contributed by atoms with van der Waals surface area (Å²) in [6.45, 7) is 0. The zero-order chi connectivity index (χ0) is 17.0. The molecular formula is C15H10ClF3N2O2. The van der Waals surface area contributed by atoms with Crippen molar-refractivity contribution < 1.29 is 22.8 Å². The highest BCUT2D eigenvalue weighted by molar-refractivity contribution is 6.33. The second-order valence-corrected chi connectivity index (χ2v) is 4.92. The molecule has 8 heteroatoms. The second kappa shape index (κ2) is 6.70. The van der Waals surface area contributed by atoms with Gasteiger partial charge < -0.3 is 10.6 Å². The fourth-order valence-electron chi connectivity index (χ4n) is 1.77. The van der Waals surface area contributed by atoms with Gasteiger partial charge in [0.05, 0.1) is 16.3 Å². The lowest BCUT2D eigenvalue weighted by Gasteiger charge is -2.12. The van der Waals surface area contributed by atoms with Crippen LogP contribution in [-0.2, 0) is 6.18 Å². The predicted molar refractivity (Wildman–Crippen MR) is 80.9 cm³/mol. The summed E-state index contributed by atoms with van der Waals surface area (Å²) < 4.78 is 37.6. The molecule has 0 atom stereocenters. The van der Waals surface area contributed by atoms with Gasteiger partial charge in [-0.2, -0.15) is 13.2 Å². The molecule has 0 heterocycles. The molecule has 2 aromatic rings. The Balaban J connectivity index is 2.09. The van der Waals surface area contributed by atoms with Crippen LogP contribution in [0.5, 0.6) is 0 Å². The van der Waals surface area contributed by atoms with Crippen molar-refractivity contribution in [3.05, 3.63) is 58.6 Å². The third kappa shape index (κ3) is 4.46. The van der Waals surface area contributed by atoms with Crippen molar-refractivity contribution in [3.63, 3.8) is 0 Å². The molecule has 0 bridgehead atoms. The highest BCUT2D eigenvalue weighted by atomic mass is 35.5. The van der Waals surface area contributed by atoms with Crippen LogP contribution in [0.1, 0.15) is 15.9 Å². The Morgan fingerprint density at radius 3 is 2.43 bits per heavy atom. The molecule has 0 saturated carbocycles. The van der Waals surface area contributed by atoms with Gasteiger partial charge in [0.2, 0.25) is 0 Å². The normalized spacial score (nSPS) is 11.0. The largest absolute Gasteiger partial charge is 0.416 e. The first-order chi connectivity index (χ1) is 10.8. The number of nitrogens with one attached hydrogen (secondary N) is 2. The molecule has 2 amide bonds. The van der Waals surface area contributed by atoms with E-state index >= 15 is 0 Å². The topological polar surface area (TPSA) is 58.2 Å². The van der Waals surface area contributed by atoms with Crippen molar-refractivity contribution in [2.24, 2.45) is 0 Å². The SMILES string of the molecule is O=Cc1cccc(NC(=O)Nc2ccc(C(F)(F)F)cc2Cl)c1. The molecule has 0 unspecified atom stereocenters. The molecule has 0 aliphatic carbocycles. The number of amides is 2. The van der Waals surface area contributed by atoms with Crippen LogP contribution in [0, 0.1) is 0 Å². The average molecular weight is 343 g/mol. The summed E-state index contributed by atoms with van der Waals surface area (Å²) in [5.74, 6) is 0. The summed E-state index contributed by atoms with van der Waals surface area (Å²) in [7, 11) is 0. The first-order valence-corrected chi connectivity index (χ1v) is 6.67. The van der Waals surface area contributed by atoms with Crippen molar-refractivity contribution in [2.45, 2.75) is 6.18 Å². The van der Waals surface area contributed by atoms with Gasteiger partial charge in [0, 0.05) is 11.3 Å². The minimum Gasteiger partial charge on any atom is -0.308 e. The smallest absolute Gasteiger partial charge is 0.308 e. The summed E-state index contributed by atoms with van der Waals surface area (Å²) in [4.78, 5) is 22.5. The minimum atomic E-state index is -4.51. The lowest BCUT2D eigenvalue weighted by atomic mass is 10.2. The van der Waals surface area contributed by atoms with Crippen molar-refractivity contribution >= 4 is 35.3 Å². The number of hydrogen-bond acceptors (Lipinski definition) is 2. The summed E-state index contributed by atoms with van der Waals surface area (Å²) >= 11 is 5.74. The summed E-state index contributed by atoms with van der Waals surface area (Å²) in [6.07, 6.45) is -3.89. The summed E-state index contributed by atoms with van der Waals surface area (Å²) in [6, 6.07) is 8.04. The predicted octanol–water partition coefficient (Wildman–Crippen LogP) is 4.82. The van der Waals surface area contributed by atoms with Crippen molar-refractivity contribution in [2.75, 3.05) is 10.6 Å². The number of carbonyl (C=O) groups is 2. The van der Waals surface area contributed by atoms with E-state index in [1.54, 1.807) is 18.2 Å². The molecule has 0 aliphatic rings. The zero-order valence-corrected chi connectivity index (χ0v) is 12.2. The van der Waals surface area contributed by atoms with E-state index in [1.807, 2.05) is 0 Å². The van der Waals surface area contributed by atoms with E-state index in [1.165, 1.54) is 6.07 Å². The van der Waals surface area contributed by atoms with Crippen molar-refractivity contribution in [1.29, 1.82) is 0 Å². The van der Waals surface area contributed by atoms with Gasteiger partial charge in [-0.05, 0) is 30.3 Å². The van der Waals surface area contributed by atoms with Gasteiger partial charge in [-0.15, -0.1) is 0 Å². The lowest BCUT2D eigenvalue weighted by Crippen LogP contribution is -2.20. The highest BCUT2D eigenvalue weighted by Gasteiger charge is 2.30. The van der Waals surface area contributed by atoms with Crippen molar-refractivity contribution in [1.82, 2.24) is 0 Å². The molecule has 4 nitrogen and oxygen atoms in total. The Kier molecular flexibility index (Phi) is 4.90. The van der Waals surface area contributed by atoms with E-state index in [9.17, 15) is 22.8 Å². The second-order valence-electron chi connectivity index (χ2n) is 4.51. The summed E-state index contributed by atoms with van der Waals surface area (Å²) in [5.41, 5.74) is -0.152. The Labute approximate surface area is 134 Å². The van der Waals surface area contributed by atoms with Gasteiger partial charge in [-0.3, -0.25) is 4.79 Å². The number of rotatable bonds is 3. The fraction of sp³-hybridized carbons (Fsp3) is 0.0667. The minimum absolute atomic E-state index is 0.0312. The van der Waals surface area contributed by atoms with E-state index in [4.69, 9.17) is 11.6 Å². The van der Waals surface area contributed by atoms with Crippen LogP contribution >= 0.6 is 11.6 Å². The molecule has 0 saturated heterocycles. The molecule has 0 aromatic heterocycles.